The third kappa shape index (κ3) is 1.63. The third-order valence-electron chi connectivity index (χ3n) is 3.55. The van der Waals surface area contributed by atoms with E-state index in [2.05, 4.69) is 25.3 Å². The van der Waals surface area contributed by atoms with Crippen molar-refractivity contribution in [2.75, 3.05) is 25.9 Å². The van der Waals surface area contributed by atoms with Crippen molar-refractivity contribution in [3.63, 3.8) is 0 Å². The van der Waals surface area contributed by atoms with E-state index in [1.807, 2.05) is 0 Å². The predicted octanol–water partition coefficient (Wildman–Crippen LogP) is 0.160. The number of hydrogen-bond acceptors (Lipinski definition) is 6. The number of anilines is 1. The first-order valence-electron chi connectivity index (χ1n) is 5.98. The lowest BCUT2D eigenvalue weighted by Gasteiger charge is -2.34. The number of methoxy groups -OCH3 is 1. The number of piperidine rings is 1. The largest absolute Gasteiger partial charge is 0.382 e. The summed E-state index contributed by atoms with van der Waals surface area (Å²) in [4.78, 5) is 15.8. The second kappa shape index (κ2) is 4.18. The summed E-state index contributed by atoms with van der Waals surface area (Å²) < 4.78 is 5.71. The molecule has 0 aliphatic carbocycles. The molecule has 0 saturated carbocycles. The van der Waals surface area contributed by atoms with Crippen LogP contribution in [0.3, 0.4) is 0 Å². The van der Waals surface area contributed by atoms with Gasteiger partial charge in [-0.15, -0.1) is 0 Å². The molecule has 3 heterocycles. The Bertz CT molecular complexity index is 560. The molecule has 96 valence electrons. The van der Waals surface area contributed by atoms with Gasteiger partial charge in [0, 0.05) is 7.11 Å². The number of rotatable bonds is 2. The van der Waals surface area contributed by atoms with Gasteiger partial charge in [0.25, 0.3) is 0 Å². The molecule has 1 saturated heterocycles. The second-order valence-corrected chi connectivity index (χ2v) is 4.49. The lowest BCUT2D eigenvalue weighted by Crippen LogP contribution is -2.42. The van der Waals surface area contributed by atoms with Crippen molar-refractivity contribution >= 4 is 17.0 Å². The maximum Gasteiger partial charge on any atom is 0.183 e. The molecule has 0 aromatic carbocycles. The fraction of sp³-hybridized carbons (Fsp3) is 0.545. The van der Waals surface area contributed by atoms with Crippen LogP contribution in [0.4, 0.5) is 5.82 Å². The zero-order chi connectivity index (χ0) is 12.6. The van der Waals surface area contributed by atoms with Crippen molar-refractivity contribution < 1.29 is 4.74 Å². The van der Waals surface area contributed by atoms with E-state index in [1.54, 1.807) is 7.11 Å². The maximum absolute atomic E-state index is 5.81. The highest BCUT2D eigenvalue weighted by Gasteiger charge is 2.37. The number of imidazole rings is 1. The Labute approximate surface area is 104 Å². The molecule has 1 fully saturated rings. The summed E-state index contributed by atoms with van der Waals surface area (Å²) in [6.45, 7) is 1.82. The molecule has 0 spiro atoms. The first-order valence-corrected chi connectivity index (χ1v) is 5.98. The summed E-state index contributed by atoms with van der Waals surface area (Å²) in [5.41, 5.74) is 6.70. The van der Waals surface area contributed by atoms with Gasteiger partial charge in [-0.05, 0) is 25.9 Å². The summed E-state index contributed by atoms with van der Waals surface area (Å²) >= 11 is 0. The molecule has 18 heavy (non-hydrogen) atoms. The van der Waals surface area contributed by atoms with Gasteiger partial charge in [-0.3, -0.25) is 0 Å². The van der Waals surface area contributed by atoms with Crippen LogP contribution in [0.25, 0.3) is 11.2 Å². The fourth-order valence-electron chi connectivity index (χ4n) is 2.43. The van der Waals surface area contributed by atoms with Crippen molar-refractivity contribution in [3.8, 4) is 0 Å². The summed E-state index contributed by atoms with van der Waals surface area (Å²) in [5, 5.41) is 3.31. The topological polar surface area (TPSA) is 102 Å². The Balaban J connectivity index is 2.09. The Morgan fingerprint density at radius 3 is 2.78 bits per heavy atom. The smallest absolute Gasteiger partial charge is 0.183 e. The molecule has 3 rings (SSSR count). The molecule has 7 heteroatoms. The zero-order valence-corrected chi connectivity index (χ0v) is 10.2. The van der Waals surface area contributed by atoms with Gasteiger partial charge in [0.15, 0.2) is 11.5 Å². The molecule has 0 atom stereocenters. The molecule has 2 aromatic rings. The molecule has 0 radical (unpaired) electrons. The number of ether oxygens (including phenoxy) is 1. The fourth-order valence-corrected chi connectivity index (χ4v) is 2.43. The molecule has 0 unspecified atom stereocenters. The van der Waals surface area contributed by atoms with Crippen molar-refractivity contribution in [1.82, 2.24) is 25.3 Å². The molecule has 4 N–H and O–H groups in total. The third-order valence-corrected chi connectivity index (χ3v) is 3.55. The van der Waals surface area contributed by atoms with E-state index >= 15 is 0 Å². The first-order chi connectivity index (χ1) is 8.75. The molecular weight excluding hydrogens is 232 g/mol. The predicted molar refractivity (Wildman–Crippen MR) is 66.9 cm³/mol. The van der Waals surface area contributed by atoms with Crippen molar-refractivity contribution in [2.24, 2.45) is 0 Å². The van der Waals surface area contributed by atoms with E-state index in [0.29, 0.717) is 17.0 Å². The number of H-pyrrole nitrogens is 1. The molecule has 1 aliphatic rings. The van der Waals surface area contributed by atoms with Crippen molar-refractivity contribution in [3.05, 3.63) is 12.2 Å². The number of fused-ring (bicyclic) bond motifs is 1. The molecule has 0 amide bonds. The van der Waals surface area contributed by atoms with Crippen LogP contribution in [0.15, 0.2) is 6.33 Å². The van der Waals surface area contributed by atoms with Crippen molar-refractivity contribution in [1.29, 1.82) is 0 Å². The number of hydrogen-bond donors (Lipinski definition) is 3. The van der Waals surface area contributed by atoms with Gasteiger partial charge in [-0.2, -0.15) is 0 Å². The number of aromatic amines is 1. The minimum Gasteiger partial charge on any atom is -0.382 e. The lowest BCUT2D eigenvalue weighted by molar-refractivity contribution is -0.0453. The Kier molecular flexibility index (Phi) is 2.64. The Morgan fingerprint density at radius 2 is 2.11 bits per heavy atom. The van der Waals surface area contributed by atoms with Crippen LogP contribution < -0.4 is 11.1 Å². The van der Waals surface area contributed by atoms with Crippen LogP contribution in [-0.4, -0.2) is 40.1 Å². The zero-order valence-electron chi connectivity index (χ0n) is 10.2. The van der Waals surface area contributed by atoms with Crippen LogP contribution >= 0.6 is 0 Å². The molecular formula is C11H16N6O. The van der Waals surface area contributed by atoms with Gasteiger partial charge in [0.1, 0.15) is 23.3 Å². The average Bonchev–Trinajstić information content (AvgIpc) is 2.85. The number of nitrogens with two attached hydrogens (primary N) is 1. The average molecular weight is 248 g/mol. The summed E-state index contributed by atoms with van der Waals surface area (Å²) in [7, 11) is 1.72. The van der Waals surface area contributed by atoms with Gasteiger partial charge in [-0.25, -0.2) is 15.0 Å². The lowest BCUT2D eigenvalue weighted by atomic mass is 9.91. The second-order valence-electron chi connectivity index (χ2n) is 4.49. The summed E-state index contributed by atoms with van der Waals surface area (Å²) in [5.74, 6) is 1.20. The highest BCUT2D eigenvalue weighted by atomic mass is 16.5. The minimum atomic E-state index is -0.377. The van der Waals surface area contributed by atoms with Gasteiger partial charge >= 0.3 is 0 Å². The van der Waals surface area contributed by atoms with E-state index < -0.39 is 0 Å². The Hall–Kier alpha value is -1.73. The minimum absolute atomic E-state index is 0.377. The first kappa shape index (κ1) is 11.4. The summed E-state index contributed by atoms with van der Waals surface area (Å²) in [6, 6.07) is 0. The number of nitrogens with one attached hydrogen (secondary N) is 2. The van der Waals surface area contributed by atoms with Gasteiger partial charge in [0.05, 0.1) is 0 Å². The van der Waals surface area contributed by atoms with E-state index in [0.717, 1.165) is 31.8 Å². The van der Waals surface area contributed by atoms with Crippen LogP contribution in [0, 0.1) is 0 Å². The SMILES string of the molecule is COC1(c2nc3ncnc(N)c3[nH]2)CCNCC1. The van der Waals surface area contributed by atoms with Gasteiger partial charge in [0.2, 0.25) is 0 Å². The number of nitrogen functional groups attached to an aromatic ring is 1. The molecule has 0 bridgehead atoms. The van der Waals surface area contributed by atoms with Crippen molar-refractivity contribution in [2.45, 2.75) is 18.4 Å². The summed E-state index contributed by atoms with van der Waals surface area (Å²) in [6.07, 6.45) is 3.16. The maximum atomic E-state index is 5.81. The molecule has 2 aromatic heterocycles. The quantitative estimate of drug-likeness (QED) is 0.699. The normalized spacial score (nSPS) is 19.2. The highest BCUT2D eigenvalue weighted by molar-refractivity contribution is 5.81. The number of nitrogens with zero attached hydrogens (tertiary/aromatic N) is 3. The van der Waals surface area contributed by atoms with E-state index in [9.17, 15) is 0 Å². The van der Waals surface area contributed by atoms with Crippen LogP contribution in [0.5, 0.6) is 0 Å². The molecule has 1 aliphatic heterocycles. The molecule has 7 nitrogen and oxygen atoms in total. The van der Waals surface area contributed by atoms with Crippen LogP contribution in [0.2, 0.25) is 0 Å². The van der Waals surface area contributed by atoms with Crippen LogP contribution in [0.1, 0.15) is 18.7 Å². The van der Waals surface area contributed by atoms with E-state index in [-0.39, 0.29) is 5.60 Å². The van der Waals surface area contributed by atoms with Gasteiger partial charge in [-0.1, -0.05) is 0 Å². The van der Waals surface area contributed by atoms with Crippen LogP contribution in [-0.2, 0) is 10.3 Å². The standard InChI is InChI=1S/C11H16N6O/c1-18-11(2-4-13-5-3-11)10-16-7-8(12)14-6-15-9(7)17-10/h6,13H,2-5H2,1H3,(H3,12,14,15,16,17). The van der Waals surface area contributed by atoms with Gasteiger partial charge < -0.3 is 20.8 Å². The monoisotopic (exact) mass is 248 g/mol. The van der Waals surface area contributed by atoms with E-state index in [4.69, 9.17) is 10.5 Å². The Morgan fingerprint density at radius 1 is 1.33 bits per heavy atom. The number of aromatic nitrogens is 4. The highest BCUT2D eigenvalue weighted by Crippen LogP contribution is 2.33. The van der Waals surface area contributed by atoms with E-state index in [1.165, 1.54) is 6.33 Å².